The number of aliphatic hydroxyl groups excluding tert-OH is 1. The molecule has 2 heterocycles. The first kappa shape index (κ1) is 24.2. The van der Waals surface area contributed by atoms with Crippen LogP contribution in [-0.2, 0) is 0 Å². The van der Waals surface area contributed by atoms with Gasteiger partial charge in [-0.05, 0) is 18.2 Å². The summed E-state index contributed by atoms with van der Waals surface area (Å²) in [5.41, 5.74) is 0.154. The predicted octanol–water partition coefficient (Wildman–Crippen LogP) is 3.27. The summed E-state index contributed by atoms with van der Waals surface area (Å²) < 4.78 is 39.7. The summed E-state index contributed by atoms with van der Waals surface area (Å²) in [6.07, 6.45) is -1.84. The SMILES string of the molecule is COc1cc([C@@H]2Oc3c(OC)cc4c(=O)c5c(OC)cc(O)cc5oc4c3O[C@H]2CO)cc(OC)c1O. The van der Waals surface area contributed by atoms with E-state index in [4.69, 9.17) is 32.8 Å². The lowest BCUT2D eigenvalue weighted by Crippen LogP contribution is -2.36. The van der Waals surface area contributed by atoms with E-state index in [9.17, 15) is 20.1 Å². The lowest BCUT2D eigenvalue weighted by atomic mass is 10.0. The van der Waals surface area contributed by atoms with Gasteiger partial charge in [-0.1, -0.05) is 0 Å². The molecule has 0 saturated carbocycles. The molecule has 4 aromatic rings. The lowest BCUT2D eigenvalue weighted by Gasteiger charge is -2.34. The first-order valence-corrected chi connectivity index (χ1v) is 11.1. The van der Waals surface area contributed by atoms with Crippen LogP contribution in [0.2, 0.25) is 0 Å². The molecule has 194 valence electrons. The van der Waals surface area contributed by atoms with Crippen molar-refractivity contribution in [3.8, 4) is 46.0 Å². The molecule has 11 nitrogen and oxygen atoms in total. The van der Waals surface area contributed by atoms with E-state index < -0.39 is 24.2 Å². The third kappa shape index (κ3) is 3.75. The second kappa shape index (κ2) is 9.17. The van der Waals surface area contributed by atoms with Crippen molar-refractivity contribution < 1.29 is 48.2 Å². The van der Waals surface area contributed by atoms with Gasteiger partial charge in [-0.15, -0.1) is 0 Å². The molecule has 11 heteroatoms. The molecule has 2 atom stereocenters. The Labute approximate surface area is 209 Å². The molecule has 1 aliphatic heterocycles. The molecule has 0 fully saturated rings. The third-order valence-corrected chi connectivity index (χ3v) is 6.19. The highest BCUT2D eigenvalue weighted by Gasteiger charge is 2.38. The topological polar surface area (TPSA) is 146 Å². The zero-order valence-electron chi connectivity index (χ0n) is 20.4. The highest BCUT2D eigenvalue weighted by atomic mass is 16.6. The molecule has 37 heavy (non-hydrogen) atoms. The number of benzene rings is 3. The van der Waals surface area contributed by atoms with Crippen LogP contribution in [0.5, 0.6) is 46.0 Å². The van der Waals surface area contributed by atoms with E-state index in [0.717, 1.165) is 0 Å². The van der Waals surface area contributed by atoms with Crippen LogP contribution < -0.4 is 33.8 Å². The number of phenols is 2. The molecule has 3 N–H and O–H groups in total. The van der Waals surface area contributed by atoms with Crippen LogP contribution in [0.1, 0.15) is 11.7 Å². The third-order valence-electron chi connectivity index (χ3n) is 6.19. The average Bonchev–Trinajstić information content (AvgIpc) is 2.91. The lowest BCUT2D eigenvalue weighted by molar-refractivity contribution is -0.0135. The van der Waals surface area contributed by atoms with Crippen LogP contribution in [-0.4, -0.2) is 56.5 Å². The van der Waals surface area contributed by atoms with Gasteiger partial charge in [0.05, 0.1) is 40.4 Å². The van der Waals surface area contributed by atoms with Crippen LogP contribution in [0.4, 0.5) is 0 Å². The van der Waals surface area contributed by atoms with Crippen molar-refractivity contribution in [2.45, 2.75) is 12.2 Å². The van der Waals surface area contributed by atoms with Crippen molar-refractivity contribution in [1.29, 1.82) is 0 Å². The van der Waals surface area contributed by atoms with Crippen LogP contribution in [0.25, 0.3) is 21.9 Å². The summed E-state index contributed by atoms with van der Waals surface area (Å²) in [6, 6.07) is 7.14. The van der Waals surface area contributed by atoms with Crippen molar-refractivity contribution in [3.63, 3.8) is 0 Å². The van der Waals surface area contributed by atoms with Crippen molar-refractivity contribution in [3.05, 3.63) is 46.1 Å². The Balaban J connectivity index is 1.75. The number of hydrogen-bond acceptors (Lipinski definition) is 11. The molecule has 0 saturated heterocycles. The van der Waals surface area contributed by atoms with Gasteiger partial charge in [0.1, 0.15) is 22.5 Å². The summed E-state index contributed by atoms with van der Waals surface area (Å²) in [6.45, 7) is -0.471. The number of aromatic hydroxyl groups is 2. The number of fused-ring (bicyclic) bond motifs is 4. The molecule has 3 aromatic carbocycles. The number of ether oxygens (including phenoxy) is 6. The van der Waals surface area contributed by atoms with Gasteiger partial charge in [-0.2, -0.15) is 0 Å². The smallest absolute Gasteiger partial charge is 0.209 e. The van der Waals surface area contributed by atoms with Crippen LogP contribution in [0.3, 0.4) is 0 Å². The minimum atomic E-state index is -0.957. The fraction of sp³-hybridized carbons (Fsp3) is 0.269. The van der Waals surface area contributed by atoms with E-state index in [0.29, 0.717) is 5.56 Å². The highest BCUT2D eigenvalue weighted by molar-refractivity contribution is 5.98. The second-order valence-electron chi connectivity index (χ2n) is 8.22. The maximum Gasteiger partial charge on any atom is 0.209 e. The summed E-state index contributed by atoms with van der Waals surface area (Å²) in [5.74, 6) is 0.426. The summed E-state index contributed by atoms with van der Waals surface area (Å²) >= 11 is 0. The molecular formula is C26H24O11. The molecule has 0 bridgehead atoms. The summed E-state index contributed by atoms with van der Waals surface area (Å²) in [7, 11) is 5.57. The molecule has 0 unspecified atom stereocenters. The van der Waals surface area contributed by atoms with Gasteiger partial charge in [-0.25, -0.2) is 0 Å². The Morgan fingerprint density at radius 1 is 0.811 bits per heavy atom. The molecule has 1 aliphatic rings. The zero-order valence-corrected chi connectivity index (χ0v) is 20.4. The Morgan fingerprint density at radius 2 is 1.46 bits per heavy atom. The van der Waals surface area contributed by atoms with E-state index in [1.54, 1.807) is 0 Å². The van der Waals surface area contributed by atoms with E-state index in [1.807, 2.05) is 0 Å². The first-order valence-electron chi connectivity index (χ1n) is 11.1. The van der Waals surface area contributed by atoms with Crippen molar-refractivity contribution in [2.75, 3.05) is 35.0 Å². The summed E-state index contributed by atoms with van der Waals surface area (Å²) in [4.78, 5) is 13.5. The summed E-state index contributed by atoms with van der Waals surface area (Å²) in [5, 5.41) is 30.8. The maximum atomic E-state index is 13.5. The number of aliphatic hydroxyl groups is 1. The van der Waals surface area contributed by atoms with E-state index in [1.165, 1.54) is 58.8 Å². The predicted molar refractivity (Wildman–Crippen MR) is 131 cm³/mol. The largest absolute Gasteiger partial charge is 0.508 e. The number of phenolic OH excluding ortho intramolecular Hbond substituents is 2. The van der Waals surface area contributed by atoms with Crippen molar-refractivity contribution in [2.24, 2.45) is 0 Å². The number of rotatable bonds is 6. The fourth-order valence-corrected chi connectivity index (χ4v) is 4.44. The van der Waals surface area contributed by atoms with Gasteiger partial charge in [-0.3, -0.25) is 4.79 Å². The number of methoxy groups -OCH3 is 4. The van der Waals surface area contributed by atoms with E-state index >= 15 is 0 Å². The molecule has 0 aliphatic carbocycles. The van der Waals surface area contributed by atoms with Crippen molar-refractivity contribution in [1.82, 2.24) is 0 Å². The van der Waals surface area contributed by atoms with Gasteiger partial charge in [0.2, 0.25) is 22.7 Å². The molecule has 0 radical (unpaired) electrons. The average molecular weight is 512 g/mol. The Kier molecular flexibility index (Phi) is 6.00. The molecule has 5 rings (SSSR count). The minimum Gasteiger partial charge on any atom is -0.508 e. The van der Waals surface area contributed by atoms with Crippen LogP contribution in [0, 0.1) is 0 Å². The molecule has 0 amide bonds. The van der Waals surface area contributed by atoms with E-state index in [2.05, 4.69) is 0 Å². The van der Waals surface area contributed by atoms with Crippen molar-refractivity contribution >= 4 is 21.9 Å². The van der Waals surface area contributed by atoms with Gasteiger partial charge < -0.3 is 48.2 Å². The molecule has 1 aromatic heterocycles. The quantitative estimate of drug-likeness (QED) is 0.327. The van der Waals surface area contributed by atoms with Gasteiger partial charge >= 0.3 is 0 Å². The number of hydrogen-bond donors (Lipinski definition) is 3. The second-order valence-corrected chi connectivity index (χ2v) is 8.22. The maximum absolute atomic E-state index is 13.5. The highest BCUT2D eigenvalue weighted by Crippen LogP contribution is 2.51. The van der Waals surface area contributed by atoms with Gasteiger partial charge in [0, 0.05) is 17.7 Å². The Bertz CT molecular complexity index is 1550. The van der Waals surface area contributed by atoms with Gasteiger partial charge in [0.15, 0.2) is 35.0 Å². The Hall–Kier alpha value is -4.51. The minimum absolute atomic E-state index is 0.0405. The standard InChI is InChI=1S/C26H24O11/c1-31-14-7-12(28)8-15-20(14)21(29)13-9-18(34-4)25-26(24(13)35-15)36-19(10-27)23(37-25)11-5-16(32-2)22(30)17(6-11)33-3/h5-9,19,23,27-28,30H,10H2,1-4H3/t19-,23-/m0/s1. The normalized spacial score (nSPS) is 16.6. The van der Waals surface area contributed by atoms with Crippen LogP contribution in [0.15, 0.2) is 39.5 Å². The van der Waals surface area contributed by atoms with Gasteiger partial charge in [0.25, 0.3) is 0 Å². The molecule has 0 spiro atoms. The van der Waals surface area contributed by atoms with Crippen LogP contribution >= 0.6 is 0 Å². The first-order chi connectivity index (χ1) is 17.8. The van der Waals surface area contributed by atoms with E-state index in [-0.39, 0.29) is 67.9 Å². The fourth-order valence-electron chi connectivity index (χ4n) is 4.44. The molecular weight excluding hydrogens is 488 g/mol. The Morgan fingerprint density at radius 3 is 2.05 bits per heavy atom. The zero-order chi connectivity index (χ0) is 26.4. The monoisotopic (exact) mass is 512 g/mol.